The van der Waals surface area contributed by atoms with Gasteiger partial charge in [-0.1, -0.05) is 97.1 Å². The molecule has 0 bridgehead atoms. The monoisotopic (exact) mass is 1050 g/mol. The molecule has 2 saturated carbocycles. The number of quaternary nitrogens is 1. The number of likely N-dealkylation sites (N-methyl/N-ethyl adjacent to an activating group) is 1. The molecule has 8 aromatic rings. The molecule has 18 heteroatoms. The van der Waals surface area contributed by atoms with Crippen LogP contribution in [-0.4, -0.2) is 84.2 Å². The van der Waals surface area contributed by atoms with Gasteiger partial charge >= 0.3 is 18.6 Å². The number of rotatable bonds is 13. The molecule has 0 unspecified atom stereocenters. The van der Waals surface area contributed by atoms with Gasteiger partial charge in [-0.25, -0.2) is 14.8 Å². The molecule has 0 spiro atoms. The number of amides is 2. The third-order valence-electron chi connectivity index (χ3n) is 14.0. The van der Waals surface area contributed by atoms with Gasteiger partial charge in [0.25, 0.3) is 0 Å². The van der Waals surface area contributed by atoms with E-state index in [1.54, 1.807) is 36.4 Å². The van der Waals surface area contributed by atoms with Crippen LogP contribution in [0.4, 0.5) is 29.2 Å². The molecule has 2 aliphatic heterocycles. The van der Waals surface area contributed by atoms with E-state index < -0.39 is 29.4 Å². The summed E-state index contributed by atoms with van der Waals surface area (Å²) in [6.45, 7) is 0.923. The van der Waals surface area contributed by atoms with Crippen molar-refractivity contribution in [3.63, 3.8) is 0 Å². The zero-order valence-corrected chi connectivity index (χ0v) is 41.9. The zero-order valence-electron chi connectivity index (χ0n) is 41.9. The van der Waals surface area contributed by atoms with Crippen LogP contribution in [0.25, 0.3) is 44.1 Å². The fourth-order valence-electron chi connectivity index (χ4n) is 9.53. The van der Waals surface area contributed by atoms with E-state index in [0.717, 1.165) is 32.7 Å². The Morgan fingerprint density at radius 2 is 1.05 bits per heavy atom. The minimum Gasteiger partial charge on any atom is -0.456 e. The predicted octanol–water partition coefficient (Wildman–Crippen LogP) is 11.1. The quantitative estimate of drug-likeness (QED) is 0.0571. The number of halogens is 4. The van der Waals surface area contributed by atoms with Gasteiger partial charge in [0.05, 0.1) is 55.5 Å². The molecule has 3 N–H and O–H groups in total. The van der Waals surface area contributed by atoms with Crippen molar-refractivity contribution in [2.75, 3.05) is 44.9 Å². The van der Waals surface area contributed by atoms with Crippen LogP contribution in [0.5, 0.6) is 23.0 Å². The van der Waals surface area contributed by atoms with Gasteiger partial charge in [-0.15, -0.1) is 17.6 Å². The molecule has 2 fully saturated rings. The first-order chi connectivity index (χ1) is 36.8. The summed E-state index contributed by atoms with van der Waals surface area (Å²) in [6.07, 6.45) is -5.18. The molecule has 77 heavy (non-hydrogen) atoms. The van der Waals surface area contributed by atoms with Crippen molar-refractivity contribution in [2.45, 2.75) is 55.7 Å². The second-order valence-corrected chi connectivity index (χ2v) is 20.5. The highest BCUT2D eigenvalue weighted by molar-refractivity contribution is 6.05. The normalized spacial score (nSPS) is 16.5. The largest absolute Gasteiger partial charge is 0.586 e. The highest BCUT2D eigenvalue weighted by Crippen LogP contribution is 2.54. The maximum absolute atomic E-state index is 13.6. The van der Waals surface area contributed by atoms with E-state index in [4.69, 9.17) is 14.7 Å². The summed E-state index contributed by atoms with van der Waals surface area (Å²) in [4.78, 5) is 49.3. The molecule has 14 nitrogen and oxygen atoms in total. The first-order valence-electron chi connectivity index (χ1n) is 24.8. The fourth-order valence-corrected chi connectivity index (χ4v) is 9.53. The summed E-state index contributed by atoms with van der Waals surface area (Å²) >= 11 is 0. The Labute approximate surface area is 438 Å². The maximum atomic E-state index is 13.6. The lowest BCUT2D eigenvalue weighted by Gasteiger charge is -2.23. The number of hydrogen-bond donors (Lipinski definition) is 3. The molecule has 0 saturated heterocycles. The fraction of sp³-hybridized carbons (Fsp3) is 0.237. The van der Waals surface area contributed by atoms with Crippen LogP contribution in [0.2, 0.25) is 0 Å². The zero-order chi connectivity index (χ0) is 53.9. The van der Waals surface area contributed by atoms with Crippen LogP contribution in [-0.2, 0) is 31.8 Å². The van der Waals surface area contributed by atoms with Gasteiger partial charge in [-0.3, -0.25) is 9.59 Å². The SMILES string of the molecule is C[N+](C)(C)CCOC(=O)c1cccc(-c2nc(NC(=O)C3(c4ccc5c(c4)OC(F)(F)O5)CC3)cc3ccccc23)c1.O=C(Nc1cc2ccccc2c(-c2ccc(CO)cc2)n1)C1(c2ccc3c(c2)OC(F)(F)O3)CC1. The highest BCUT2D eigenvalue weighted by Gasteiger charge is 2.54. The summed E-state index contributed by atoms with van der Waals surface area (Å²) in [6, 6.07) is 42.4. The molecule has 2 aliphatic carbocycles. The standard InChI is InChI=1S/C32H29F2N3O5.C27H20F2N2O4/c1-37(2,3)15-16-40-29(38)22-9-6-8-21(17-22)28-24-10-5-4-7-20(24)18-27(35-28)36-30(39)31(13-14-31)23-11-12-25-26(19-23)42-32(33,34)41-25;28-27(29)34-21-10-9-19(14-22(21)35-27)26(11-12-26)25(33)31-23-13-18-3-1-2-4-20(18)24(30-23)17-7-5-16(15-32)6-8-17/h4-12,17-19H,13-16H2,1-3H3;1-10,13-14,32H,11-12,15H2,(H,30,31,33)/p+1. The molecule has 0 radical (unpaired) electrons. The molecule has 2 amide bonds. The first-order valence-corrected chi connectivity index (χ1v) is 24.8. The van der Waals surface area contributed by atoms with E-state index in [9.17, 15) is 37.1 Å². The van der Waals surface area contributed by atoms with E-state index in [0.29, 0.717) is 88.6 Å². The van der Waals surface area contributed by atoms with E-state index in [-0.39, 0.29) is 41.4 Å². The van der Waals surface area contributed by atoms with Crippen LogP contribution < -0.4 is 29.6 Å². The van der Waals surface area contributed by atoms with Gasteiger partial charge in [0.2, 0.25) is 11.8 Å². The first kappa shape index (κ1) is 50.5. The average Bonchev–Trinajstić information content (AvgIpc) is 4.34. The van der Waals surface area contributed by atoms with E-state index >= 15 is 0 Å². The van der Waals surface area contributed by atoms with Gasteiger partial charge in [0, 0.05) is 21.9 Å². The number of hydrogen-bond acceptors (Lipinski definition) is 11. The second-order valence-electron chi connectivity index (χ2n) is 20.5. The van der Waals surface area contributed by atoms with Gasteiger partial charge in [-0.2, -0.15) is 0 Å². The minimum absolute atomic E-state index is 0.0515. The number of fused-ring (bicyclic) bond motifs is 4. The Balaban J connectivity index is 0.000000166. The average molecular weight is 1050 g/mol. The predicted molar refractivity (Wildman–Crippen MR) is 278 cm³/mol. The van der Waals surface area contributed by atoms with Gasteiger partial charge < -0.3 is 43.9 Å². The van der Waals surface area contributed by atoms with E-state index in [2.05, 4.69) is 29.6 Å². The molecule has 12 rings (SSSR count). The smallest absolute Gasteiger partial charge is 0.456 e. The molecule has 0 atom stereocenters. The van der Waals surface area contributed by atoms with Gasteiger partial charge in [-0.05, 0) is 102 Å². The number of aromatic nitrogens is 2. The Morgan fingerprint density at radius 3 is 1.53 bits per heavy atom. The van der Waals surface area contributed by atoms with Gasteiger partial charge in [0.15, 0.2) is 23.0 Å². The van der Waals surface area contributed by atoms with Crippen molar-refractivity contribution in [1.29, 1.82) is 0 Å². The van der Waals surface area contributed by atoms with Crippen LogP contribution in [0.1, 0.15) is 52.7 Å². The van der Waals surface area contributed by atoms with Crippen molar-refractivity contribution < 1.29 is 65.2 Å². The number of pyridine rings is 2. The summed E-state index contributed by atoms with van der Waals surface area (Å²) in [5.74, 6) is -0.539. The Kier molecular flexibility index (Phi) is 12.6. The maximum Gasteiger partial charge on any atom is 0.586 e. The summed E-state index contributed by atoms with van der Waals surface area (Å²) in [5, 5.41) is 18.8. The van der Waals surface area contributed by atoms with Crippen molar-refractivity contribution in [1.82, 2.24) is 9.97 Å². The molecule has 6 aromatic carbocycles. The summed E-state index contributed by atoms with van der Waals surface area (Å²) in [7, 11) is 6.08. The lowest BCUT2D eigenvalue weighted by Crippen LogP contribution is -2.38. The summed E-state index contributed by atoms with van der Waals surface area (Å²) < 4.78 is 78.2. The second kappa shape index (κ2) is 19.2. The lowest BCUT2D eigenvalue weighted by atomic mass is 9.94. The molecular weight excluding hydrogens is 999 g/mol. The molecule has 392 valence electrons. The van der Waals surface area contributed by atoms with Crippen molar-refractivity contribution in [3.05, 3.63) is 168 Å². The molecule has 4 aliphatic rings. The number of esters is 1. The van der Waals surface area contributed by atoms with Crippen molar-refractivity contribution >= 4 is 51.0 Å². The Hall–Kier alpha value is -8.61. The van der Waals surface area contributed by atoms with Crippen LogP contribution >= 0.6 is 0 Å². The van der Waals surface area contributed by atoms with Crippen LogP contribution in [0.15, 0.2) is 146 Å². The third kappa shape index (κ3) is 10.4. The van der Waals surface area contributed by atoms with Crippen molar-refractivity contribution in [2.24, 2.45) is 0 Å². The van der Waals surface area contributed by atoms with Crippen LogP contribution in [0, 0.1) is 0 Å². The number of alkyl halides is 4. The van der Waals surface area contributed by atoms with E-state index in [1.165, 1.54) is 24.3 Å². The van der Waals surface area contributed by atoms with Gasteiger partial charge in [0.1, 0.15) is 24.8 Å². The number of anilines is 2. The molecule has 2 aromatic heterocycles. The highest BCUT2D eigenvalue weighted by atomic mass is 19.3. The summed E-state index contributed by atoms with van der Waals surface area (Å²) in [5.41, 5.74) is 3.48. The molecular formula is C59H50F4N5O9+. The number of carbonyl (C=O) groups is 3. The van der Waals surface area contributed by atoms with E-state index in [1.807, 2.05) is 106 Å². The van der Waals surface area contributed by atoms with Crippen molar-refractivity contribution in [3.8, 4) is 45.5 Å². The number of nitrogens with zero attached hydrogens (tertiary/aromatic N) is 3. The Bertz CT molecular complexity index is 3650. The minimum atomic E-state index is -3.73. The number of nitrogens with one attached hydrogen (secondary N) is 2. The third-order valence-corrected chi connectivity index (χ3v) is 14.0. The number of ether oxygens (including phenoxy) is 5. The topological polar surface area (TPSA) is 167 Å². The number of carbonyl (C=O) groups excluding carboxylic acids is 3. The number of benzene rings is 6. The molecule has 4 heterocycles. The number of aliphatic hydroxyl groups is 1. The van der Waals surface area contributed by atoms with Crippen LogP contribution in [0.3, 0.4) is 0 Å². The Morgan fingerprint density at radius 1 is 0.571 bits per heavy atom. The number of aliphatic hydroxyl groups excluding tert-OH is 1. The lowest BCUT2D eigenvalue weighted by molar-refractivity contribution is -0.870.